The van der Waals surface area contributed by atoms with Gasteiger partial charge in [-0.25, -0.2) is 0 Å². The van der Waals surface area contributed by atoms with E-state index in [4.69, 9.17) is 9.47 Å². The fourth-order valence-electron chi connectivity index (χ4n) is 3.04. The summed E-state index contributed by atoms with van der Waals surface area (Å²) in [5.41, 5.74) is 0.958. The monoisotopic (exact) mass is 303 g/mol. The van der Waals surface area contributed by atoms with E-state index in [1.54, 1.807) is 14.2 Å². The summed E-state index contributed by atoms with van der Waals surface area (Å²) in [5, 5.41) is 9.67. The van der Waals surface area contributed by atoms with Crippen LogP contribution in [0.5, 0.6) is 11.5 Å². The molecule has 1 heterocycles. The Balaban J connectivity index is 2.23. The van der Waals surface area contributed by atoms with Crippen molar-refractivity contribution in [3.63, 3.8) is 0 Å². The Hall–Kier alpha value is -1.77. The lowest BCUT2D eigenvalue weighted by Gasteiger charge is -2.41. The molecular weight excluding hydrogens is 278 g/mol. The van der Waals surface area contributed by atoms with Gasteiger partial charge in [0.15, 0.2) is 11.5 Å². The Morgan fingerprint density at radius 1 is 1.27 bits per heavy atom. The molecule has 1 aliphatic rings. The number of methoxy groups -OCH3 is 2. The van der Waals surface area contributed by atoms with Gasteiger partial charge in [-0.15, -0.1) is 0 Å². The Bertz CT molecular complexity index is 541. The van der Waals surface area contributed by atoms with Crippen LogP contribution in [0, 0.1) is 11.3 Å². The molecule has 0 aliphatic carbocycles. The van der Waals surface area contributed by atoms with Crippen LogP contribution in [0.2, 0.25) is 0 Å². The Kier molecular flexibility index (Phi) is 5.64. The molecule has 0 aromatic heterocycles. The highest BCUT2D eigenvalue weighted by atomic mass is 16.5. The molecule has 22 heavy (non-hydrogen) atoms. The van der Waals surface area contributed by atoms with E-state index in [2.05, 4.69) is 29.8 Å². The van der Waals surface area contributed by atoms with Gasteiger partial charge >= 0.3 is 0 Å². The SMILES string of the molecule is CCC1CN(C(C#N)c2ccc(OC)c(OC)c2)CCN1C. The minimum atomic E-state index is -0.248. The van der Waals surface area contributed by atoms with E-state index in [1.165, 1.54) is 0 Å². The smallest absolute Gasteiger partial charge is 0.161 e. The first-order valence-electron chi connectivity index (χ1n) is 7.70. The molecule has 5 heteroatoms. The summed E-state index contributed by atoms with van der Waals surface area (Å²) in [6, 6.07) is 8.43. The molecule has 0 spiro atoms. The van der Waals surface area contributed by atoms with Gasteiger partial charge in [0.1, 0.15) is 6.04 Å². The average Bonchev–Trinajstić information content (AvgIpc) is 2.56. The third kappa shape index (κ3) is 3.34. The van der Waals surface area contributed by atoms with E-state index < -0.39 is 0 Å². The highest BCUT2D eigenvalue weighted by Gasteiger charge is 2.29. The van der Waals surface area contributed by atoms with Crippen molar-refractivity contribution in [2.75, 3.05) is 40.9 Å². The van der Waals surface area contributed by atoms with Crippen LogP contribution in [0.4, 0.5) is 0 Å². The van der Waals surface area contributed by atoms with Crippen molar-refractivity contribution >= 4 is 0 Å². The fourth-order valence-corrected chi connectivity index (χ4v) is 3.04. The van der Waals surface area contributed by atoms with Gasteiger partial charge in [-0.05, 0) is 31.2 Å². The molecule has 2 rings (SSSR count). The predicted molar refractivity (Wildman–Crippen MR) is 86.2 cm³/mol. The topological polar surface area (TPSA) is 48.7 Å². The number of nitrogens with zero attached hydrogens (tertiary/aromatic N) is 3. The second-order valence-electron chi connectivity index (χ2n) is 5.68. The number of hydrogen-bond donors (Lipinski definition) is 0. The quantitative estimate of drug-likeness (QED) is 0.835. The number of rotatable bonds is 5. The van der Waals surface area contributed by atoms with Crippen molar-refractivity contribution in [2.24, 2.45) is 0 Å². The van der Waals surface area contributed by atoms with E-state index in [9.17, 15) is 5.26 Å². The summed E-state index contributed by atoms with van der Waals surface area (Å²) in [6.07, 6.45) is 1.09. The lowest BCUT2D eigenvalue weighted by Crippen LogP contribution is -2.51. The second-order valence-corrected chi connectivity index (χ2v) is 5.68. The minimum Gasteiger partial charge on any atom is -0.493 e. The van der Waals surface area contributed by atoms with Gasteiger partial charge in [0.05, 0.1) is 20.3 Å². The molecular formula is C17H25N3O2. The summed E-state index contributed by atoms with van der Waals surface area (Å²) >= 11 is 0. The zero-order chi connectivity index (χ0) is 16.1. The summed E-state index contributed by atoms with van der Waals surface area (Å²) < 4.78 is 10.6. The molecule has 1 aromatic carbocycles. The molecule has 1 saturated heterocycles. The van der Waals surface area contributed by atoms with Crippen molar-refractivity contribution in [2.45, 2.75) is 25.4 Å². The first-order chi connectivity index (χ1) is 10.6. The molecule has 120 valence electrons. The van der Waals surface area contributed by atoms with E-state index in [0.717, 1.165) is 31.6 Å². The molecule has 1 aliphatic heterocycles. The zero-order valence-corrected chi connectivity index (χ0v) is 13.9. The molecule has 1 fully saturated rings. The summed E-state index contributed by atoms with van der Waals surface area (Å²) in [7, 11) is 5.39. The van der Waals surface area contributed by atoms with Crippen LogP contribution in [0.25, 0.3) is 0 Å². The van der Waals surface area contributed by atoms with Gasteiger partial charge in [-0.1, -0.05) is 13.0 Å². The number of likely N-dealkylation sites (N-methyl/N-ethyl adjacent to an activating group) is 1. The van der Waals surface area contributed by atoms with Gasteiger partial charge in [0, 0.05) is 25.7 Å². The first kappa shape index (κ1) is 16.6. The highest BCUT2D eigenvalue weighted by Crippen LogP contribution is 2.32. The summed E-state index contributed by atoms with van der Waals surface area (Å²) in [6.45, 7) is 5.01. The largest absolute Gasteiger partial charge is 0.493 e. The molecule has 1 aromatic rings. The number of piperazine rings is 1. The number of benzene rings is 1. The van der Waals surface area contributed by atoms with Crippen LogP contribution in [0.15, 0.2) is 18.2 Å². The molecule has 2 unspecified atom stereocenters. The van der Waals surface area contributed by atoms with Crippen LogP contribution in [0.1, 0.15) is 24.9 Å². The molecule has 0 bridgehead atoms. The standard InChI is InChI=1S/C17H25N3O2/c1-5-14-12-20(9-8-19(14)2)15(11-18)13-6-7-16(21-3)17(10-13)22-4/h6-7,10,14-15H,5,8-9,12H2,1-4H3. The van der Waals surface area contributed by atoms with Gasteiger partial charge < -0.3 is 14.4 Å². The Morgan fingerprint density at radius 2 is 2.00 bits per heavy atom. The third-order valence-corrected chi connectivity index (χ3v) is 4.49. The van der Waals surface area contributed by atoms with E-state index in [-0.39, 0.29) is 6.04 Å². The highest BCUT2D eigenvalue weighted by molar-refractivity contribution is 5.44. The first-order valence-corrected chi connectivity index (χ1v) is 7.70. The summed E-state index contributed by atoms with van der Waals surface area (Å²) in [4.78, 5) is 4.63. The van der Waals surface area contributed by atoms with Gasteiger partial charge in [0.2, 0.25) is 0 Å². The van der Waals surface area contributed by atoms with Crippen molar-refractivity contribution in [3.05, 3.63) is 23.8 Å². The maximum absolute atomic E-state index is 9.67. The number of hydrogen-bond acceptors (Lipinski definition) is 5. The van der Waals surface area contributed by atoms with Crippen LogP contribution in [-0.2, 0) is 0 Å². The van der Waals surface area contributed by atoms with Crippen LogP contribution in [-0.4, -0.2) is 56.7 Å². The van der Waals surface area contributed by atoms with Crippen LogP contribution in [0.3, 0.4) is 0 Å². The third-order valence-electron chi connectivity index (χ3n) is 4.49. The average molecular weight is 303 g/mol. The molecule has 2 atom stereocenters. The van der Waals surface area contributed by atoms with Crippen LogP contribution < -0.4 is 9.47 Å². The van der Waals surface area contributed by atoms with Crippen molar-refractivity contribution in [1.82, 2.24) is 9.80 Å². The molecule has 0 amide bonds. The maximum atomic E-state index is 9.67. The van der Waals surface area contributed by atoms with E-state index in [1.807, 2.05) is 18.2 Å². The van der Waals surface area contributed by atoms with Crippen molar-refractivity contribution in [1.29, 1.82) is 5.26 Å². The van der Waals surface area contributed by atoms with E-state index in [0.29, 0.717) is 17.5 Å². The zero-order valence-electron chi connectivity index (χ0n) is 13.9. The maximum Gasteiger partial charge on any atom is 0.161 e. The van der Waals surface area contributed by atoms with Gasteiger partial charge in [0.25, 0.3) is 0 Å². The van der Waals surface area contributed by atoms with Crippen LogP contribution >= 0.6 is 0 Å². The van der Waals surface area contributed by atoms with Crippen molar-refractivity contribution < 1.29 is 9.47 Å². The lowest BCUT2D eigenvalue weighted by molar-refractivity contribution is 0.0773. The van der Waals surface area contributed by atoms with Gasteiger partial charge in [-0.3, -0.25) is 4.90 Å². The predicted octanol–water partition coefficient (Wildman–Crippen LogP) is 2.29. The fraction of sp³-hybridized carbons (Fsp3) is 0.588. The van der Waals surface area contributed by atoms with Crippen molar-refractivity contribution in [3.8, 4) is 17.6 Å². The lowest BCUT2D eigenvalue weighted by atomic mass is 10.0. The second kappa shape index (κ2) is 7.48. The molecule has 0 N–H and O–H groups in total. The minimum absolute atomic E-state index is 0.248. The Labute approximate surface area is 133 Å². The van der Waals surface area contributed by atoms with E-state index >= 15 is 0 Å². The molecule has 0 saturated carbocycles. The number of ether oxygens (including phenoxy) is 2. The Morgan fingerprint density at radius 3 is 2.59 bits per heavy atom. The number of nitriles is 1. The normalized spacial score (nSPS) is 21.1. The summed E-state index contributed by atoms with van der Waals surface area (Å²) in [5.74, 6) is 1.36. The van der Waals surface area contributed by atoms with Gasteiger partial charge in [-0.2, -0.15) is 5.26 Å². The molecule has 5 nitrogen and oxygen atoms in total. The molecule has 0 radical (unpaired) electrons.